The molecule has 10 heteroatoms. The van der Waals surface area contributed by atoms with Crippen LogP contribution in [0.1, 0.15) is 22.5 Å². The molecule has 0 amide bonds. The molecule has 0 aliphatic rings. The number of benzene rings is 2. The first-order valence-corrected chi connectivity index (χ1v) is 8.68. The van der Waals surface area contributed by atoms with Crippen LogP contribution in [0.4, 0.5) is 28.9 Å². The lowest BCUT2D eigenvalue weighted by molar-refractivity contribution is -0.384. The van der Waals surface area contributed by atoms with Crippen LogP contribution < -0.4 is 5.43 Å². The summed E-state index contributed by atoms with van der Waals surface area (Å²) in [6.07, 6.45) is -3.34. The Balaban J connectivity index is 1.89. The topological polar surface area (TPSA) is 72.5 Å². The maximum absolute atomic E-state index is 14.1. The van der Waals surface area contributed by atoms with Crippen LogP contribution in [0.25, 0.3) is 5.69 Å². The second-order valence-corrected chi connectivity index (χ2v) is 6.47. The van der Waals surface area contributed by atoms with E-state index in [0.717, 1.165) is 17.8 Å². The molecule has 1 aromatic heterocycles. The average molecular weight is 420 g/mol. The van der Waals surface area contributed by atoms with E-state index in [1.54, 1.807) is 42.7 Å². The SMILES string of the molecule is Cc1cc(/C=N\Nc2ccc(C(F)(F)F)cc2[N+](=O)[O-])c(C)n1-c1ccccc1F. The third-order valence-electron chi connectivity index (χ3n) is 4.47. The van der Waals surface area contributed by atoms with Crippen molar-refractivity contribution in [3.63, 3.8) is 0 Å². The molecular formula is C20H16F4N4O2. The molecule has 0 bridgehead atoms. The lowest BCUT2D eigenvalue weighted by atomic mass is 10.1. The van der Waals surface area contributed by atoms with Gasteiger partial charge in [-0.15, -0.1) is 0 Å². The number of rotatable bonds is 5. The monoisotopic (exact) mass is 420 g/mol. The van der Waals surface area contributed by atoms with Crippen molar-refractivity contribution in [3.05, 3.63) is 87.0 Å². The minimum atomic E-state index is -4.70. The Morgan fingerprint density at radius 3 is 2.47 bits per heavy atom. The van der Waals surface area contributed by atoms with Crippen LogP contribution in [-0.4, -0.2) is 15.7 Å². The van der Waals surface area contributed by atoms with Crippen molar-refractivity contribution in [2.45, 2.75) is 20.0 Å². The molecule has 0 atom stereocenters. The fourth-order valence-electron chi connectivity index (χ4n) is 3.05. The van der Waals surface area contributed by atoms with E-state index in [-0.39, 0.29) is 5.69 Å². The maximum Gasteiger partial charge on any atom is 0.416 e. The number of nitrogens with one attached hydrogen (secondary N) is 1. The lowest BCUT2D eigenvalue weighted by Crippen LogP contribution is -2.06. The molecule has 1 N–H and O–H groups in total. The number of hydrogen-bond acceptors (Lipinski definition) is 4. The van der Waals surface area contributed by atoms with Crippen LogP contribution >= 0.6 is 0 Å². The largest absolute Gasteiger partial charge is 0.416 e. The first kappa shape index (κ1) is 21.0. The van der Waals surface area contributed by atoms with Crippen molar-refractivity contribution < 1.29 is 22.5 Å². The molecule has 0 aliphatic heterocycles. The molecule has 3 rings (SSSR count). The second kappa shape index (κ2) is 7.97. The summed E-state index contributed by atoms with van der Waals surface area (Å²) in [4.78, 5) is 10.2. The van der Waals surface area contributed by atoms with Gasteiger partial charge in [-0.1, -0.05) is 12.1 Å². The number of aromatic nitrogens is 1. The Kier molecular flexibility index (Phi) is 5.59. The van der Waals surface area contributed by atoms with E-state index in [4.69, 9.17) is 0 Å². The molecule has 0 radical (unpaired) electrons. The Hall–Kier alpha value is -3.69. The normalized spacial score (nSPS) is 11.8. The van der Waals surface area contributed by atoms with Crippen LogP contribution in [0, 0.1) is 29.8 Å². The fourth-order valence-corrected chi connectivity index (χ4v) is 3.05. The molecule has 0 aliphatic carbocycles. The Labute approximate surface area is 168 Å². The van der Waals surface area contributed by atoms with Gasteiger partial charge in [-0.3, -0.25) is 15.5 Å². The van der Waals surface area contributed by atoms with Crippen LogP contribution in [0.3, 0.4) is 0 Å². The zero-order chi connectivity index (χ0) is 22.1. The standard InChI is InChI=1S/C20H16F4N4O2/c1-12-9-14(13(2)27(12)18-6-4-3-5-16(18)21)11-25-26-17-8-7-15(20(22,23)24)10-19(17)28(29)30/h3-11,26H,1-2H3/b25-11-. The Morgan fingerprint density at radius 2 is 1.83 bits per heavy atom. The molecule has 0 saturated carbocycles. The summed E-state index contributed by atoms with van der Waals surface area (Å²) >= 11 is 0. The molecule has 6 nitrogen and oxygen atoms in total. The first-order valence-electron chi connectivity index (χ1n) is 8.68. The second-order valence-electron chi connectivity index (χ2n) is 6.47. The van der Waals surface area contributed by atoms with Gasteiger partial charge in [0.05, 0.1) is 22.4 Å². The predicted molar refractivity (Wildman–Crippen MR) is 105 cm³/mol. The van der Waals surface area contributed by atoms with Crippen LogP contribution in [0.15, 0.2) is 53.6 Å². The molecule has 30 heavy (non-hydrogen) atoms. The van der Waals surface area contributed by atoms with E-state index in [9.17, 15) is 27.7 Å². The molecule has 2 aromatic carbocycles. The van der Waals surface area contributed by atoms with Crippen LogP contribution in [-0.2, 0) is 6.18 Å². The number of para-hydroxylation sites is 1. The summed E-state index contributed by atoms with van der Waals surface area (Å²) in [6.45, 7) is 3.53. The van der Waals surface area contributed by atoms with Crippen molar-refractivity contribution in [3.8, 4) is 5.69 Å². The number of nitro groups is 1. The highest BCUT2D eigenvalue weighted by Crippen LogP contribution is 2.35. The molecule has 0 unspecified atom stereocenters. The highest BCUT2D eigenvalue weighted by molar-refractivity contribution is 5.83. The smallest absolute Gasteiger partial charge is 0.315 e. The van der Waals surface area contributed by atoms with E-state index in [1.165, 1.54) is 12.3 Å². The minimum absolute atomic E-state index is 0.188. The third-order valence-corrected chi connectivity index (χ3v) is 4.47. The highest BCUT2D eigenvalue weighted by atomic mass is 19.4. The number of aryl methyl sites for hydroxylation is 1. The van der Waals surface area contributed by atoms with Crippen molar-refractivity contribution in [2.24, 2.45) is 5.10 Å². The number of hydrogen-bond donors (Lipinski definition) is 1. The first-order chi connectivity index (χ1) is 14.1. The average Bonchev–Trinajstić information content (AvgIpc) is 2.95. The van der Waals surface area contributed by atoms with Crippen LogP contribution in [0.2, 0.25) is 0 Å². The van der Waals surface area contributed by atoms with E-state index < -0.39 is 28.2 Å². The van der Waals surface area contributed by atoms with Gasteiger partial charge in [0.25, 0.3) is 5.69 Å². The molecule has 1 heterocycles. The number of nitrogens with zero attached hydrogens (tertiary/aromatic N) is 3. The van der Waals surface area contributed by atoms with Gasteiger partial charge in [-0.05, 0) is 44.2 Å². The zero-order valence-electron chi connectivity index (χ0n) is 15.9. The van der Waals surface area contributed by atoms with Gasteiger partial charge >= 0.3 is 6.18 Å². The molecular weight excluding hydrogens is 404 g/mol. The summed E-state index contributed by atoms with van der Waals surface area (Å²) in [5, 5.41) is 15.0. The molecule has 0 fully saturated rings. The minimum Gasteiger partial charge on any atom is -0.315 e. The quantitative estimate of drug-likeness (QED) is 0.253. The van der Waals surface area contributed by atoms with Gasteiger partial charge in [0.1, 0.15) is 11.5 Å². The number of nitro benzene ring substituents is 1. The van der Waals surface area contributed by atoms with Gasteiger partial charge in [-0.2, -0.15) is 18.3 Å². The molecule has 3 aromatic rings. The number of anilines is 1. The summed E-state index contributed by atoms with van der Waals surface area (Å²) in [5.41, 5.74) is 2.72. The van der Waals surface area contributed by atoms with E-state index in [1.807, 2.05) is 0 Å². The predicted octanol–water partition coefficient (Wildman–Crippen LogP) is 5.61. The lowest BCUT2D eigenvalue weighted by Gasteiger charge is -2.10. The summed E-state index contributed by atoms with van der Waals surface area (Å²) in [5.74, 6) is -0.402. The van der Waals surface area contributed by atoms with Gasteiger partial charge < -0.3 is 4.57 Å². The van der Waals surface area contributed by atoms with Crippen molar-refractivity contribution in [1.29, 1.82) is 0 Å². The van der Waals surface area contributed by atoms with Gasteiger partial charge in [0.2, 0.25) is 0 Å². The van der Waals surface area contributed by atoms with Crippen molar-refractivity contribution in [1.82, 2.24) is 4.57 Å². The Bertz CT molecular complexity index is 1140. The van der Waals surface area contributed by atoms with E-state index >= 15 is 0 Å². The van der Waals surface area contributed by atoms with Crippen molar-refractivity contribution in [2.75, 3.05) is 5.43 Å². The molecule has 0 spiro atoms. The van der Waals surface area contributed by atoms with E-state index in [2.05, 4.69) is 10.5 Å². The summed E-state index contributed by atoms with van der Waals surface area (Å²) in [7, 11) is 0. The van der Waals surface area contributed by atoms with Crippen LogP contribution in [0.5, 0.6) is 0 Å². The number of halogens is 4. The third kappa shape index (κ3) is 4.17. The highest BCUT2D eigenvalue weighted by Gasteiger charge is 2.33. The van der Waals surface area contributed by atoms with Crippen molar-refractivity contribution >= 4 is 17.6 Å². The fraction of sp³-hybridized carbons (Fsp3) is 0.150. The summed E-state index contributed by atoms with van der Waals surface area (Å²) in [6, 6.07) is 10.1. The maximum atomic E-state index is 14.1. The van der Waals surface area contributed by atoms with Gasteiger partial charge in [0.15, 0.2) is 0 Å². The van der Waals surface area contributed by atoms with E-state index in [0.29, 0.717) is 23.0 Å². The summed E-state index contributed by atoms with van der Waals surface area (Å²) < 4.78 is 54.2. The van der Waals surface area contributed by atoms with Gasteiger partial charge in [0, 0.05) is 23.0 Å². The molecule has 0 saturated heterocycles. The molecule has 156 valence electrons. The Morgan fingerprint density at radius 1 is 1.13 bits per heavy atom. The zero-order valence-corrected chi connectivity index (χ0v) is 15.9. The number of alkyl halides is 3. The number of hydrazone groups is 1. The van der Waals surface area contributed by atoms with Gasteiger partial charge in [-0.25, -0.2) is 4.39 Å².